The monoisotopic (exact) mass is 242 g/mol. The van der Waals surface area contributed by atoms with Gasteiger partial charge in [0.15, 0.2) is 0 Å². The first-order valence-corrected chi connectivity index (χ1v) is 5.94. The van der Waals surface area contributed by atoms with Gasteiger partial charge in [0.1, 0.15) is 5.92 Å². The molecule has 2 fully saturated rings. The van der Waals surface area contributed by atoms with Crippen molar-refractivity contribution in [3.05, 3.63) is 0 Å². The zero-order chi connectivity index (χ0) is 12.4. The number of aliphatic carboxylic acids is 1. The Bertz CT molecular complexity index is 321. The Morgan fingerprint density at radius 2 is 2.12 bits per heavy atom. The average molecular weight is 242 g/mol. The lowest BCUT2D eigenvalue weighted by Crippen LogP contribution is -2.46. The van der Waals surface area contributed by atoms with Gasteiger partial charge in [0.2, 0.25) is 5.91 Å². The predicted octanol–water partition coefficient (Wildman–Crippen LogP) is -0.800. The number of carboxylic acids is 1. The van der Waals surface area contributed by atoms with Crippen molar-refractivity contribution in [2.24, 2.45) is 11.8 Å². The lowest BCUT2D eigenvalue weighted by molar-refractivity contribution is -0.142. The number of carboxylic acid groups (broad SMARTS) is 1. The van der Waals surface area contributed by atoms with Crippen LogP contribution in [-0.2, 0) is 14.3 Å². The number of nitrogens with one attached hydrogen (secondary N) is 2. The van der Waals surface area contributed by atoms with Gasteiger partial charge in [-0.15, -0.1) is 0 Å². The van der Waals surface area contributed by atoms with Crippen molar-refractivity contribution in [3.63, 3.8) is 0 Å². The molecule has 1 amide bonds. The van der Waals surface area contributed by atoms with Crippen molar-refractivity contribution in [2.45, 2.75) is 25.4 Å². The van der Waals surface area contributed by atoms with Gasteiger partial charge < -0.3 is 20.5 Å². The molecule has 2 aliphatic heterocycles. The Labute approximate surface area is 99.7 Å². The molecule has 0 saturated carbocycles. The number of amides is 1. The van der Waals surface area contributed by atoms with Gasteiger partial charge in [-0.05, 0) is 19.9 Å². The zero-order valence-corrected chi connectivity index (χ0v) is 9.81. The van der Waals surface area contributed by atoms with Crippen LogP contribution in [0.5, 0.6) is 0 Å². The van der Waals surface area contributed by atoms with E-state index in [1.807, 2.05) is 6.92 Å². The van der Waals surface area contributed by atoms with Gasteiger partial charge >= 0.3 is 5.97 Å². The molecule has 6 nitrogen and oxygen atoms in total. The molecule has 2 saturated heterocycles. The van der Waals surface area contributed by atoms with Crippen LogP contribution in [0.3, 0.4) is 0 Å². The number of ether oxygens (including phenoxy) is 1. The van der Waals surface area contributed by atoms with Crippen molar-refractivity contribution < 1.29 is 19.4 Å². The number of rotatable bonds is 3. The second-order valence-electron chi connectivity index (χ2n) is 4.74. The normalized spacial score (nSPS) is 37.0. The van der Waals surface area contributed by atoms with Gasteiger partial charge in [-0.1, -0.05) is 0 Å². The molecule has 96 valence electrons. The Hall–Kier alpha value is -1.14. The van der Waals surface area contributed by atoms with E-state index in [1.54, 1.807) is 0 Å². The standard InChI is InChI=1S/C11H18N2O4/c1-6-7(2-3-12-6)10(14)13-9-5-17-4-8(9)11(15)16/h6-9,12H,2-5H2,1H3,(H,13,14)(H,15,16). The molecular formula is C11H18N2O4. The van der Waals surface area contributed by atoms with Crippen molar-refractivity contribution in [1.82, 2.24) is 10.6 Å². The van der Waals surface area contributed by atoms with Crippen LogP contribution in [0.25, 0.3) is 0 Å². The third-order valence-electron chi connectivity index (χ3n) is 3.59. The molecule has 0 spiro atoms. The van der Waals surface area contributed by atoms with E-state index in [9.17, 15) is 9.59 Å². The van der Waals surface area contributed by atoms with E-state index < -0.39 is 17.9 Å². The van der Waals surface area contributed by atoms with Crippen LogP contribution in [0.15, 0.2) is 0 Å². The molecule has 2 heterocycles. The molecule has 0 radical (unpaired) electrons. The molecule has 0 aromatic carbocycles. The van der Waals surface area contributed by atoms with Crippen LogP contribution in [-0.4, -0.2) is 48.8 Å². The summed E-state index contributed by atoms with van der Waals surface area (Å²) < 4.78 is 5.11. The fourth-order valence-corrected chi connectivity index (χ4v) is 2.45. The minimum atomic E-state index is -0.912. The fraction of sp³-hybridized carbons (Fsp3) is 0.818. The minimum absolute atomic E-state index is 0.0648. The van der Waals surface area contributed by atoms with Crippen LogP contribution < -0.4 is 10.6 Å². The van der Waals surface area contributed by atoms with E-state index in [1.165, 1.54) is 0 Å². The molecule has 2 rings (SSSR count). The summed E-state index contributed by atoms with van der Waals surface area (Å²) in [6.45, 7) is 3.27. The number of carbonyl (C=O) groups is 2. The lowest BCUT2D eigenvalue weighted by atomic mass is 9.98. The maximum atomic E-state index is 12.0. The summed E-state index contributed by atoms with van der Waals surface area (Å²) in [6.07, 6.45) is 0.804. The largest absolute Gasteiger partial charge is 0.481 e. The molecular weight excluding hydrogens is 224 g/mol. The molecule has 3 N–H and O–H groups in total. The van der Waals surface area contributed by atoms with E-state index in [0.29, 0.717) is 0 Å². The van der Waals surface area contributed by atoms with Crippen LogP contribution in [0, 0.1) is 11.8 Å². The summed E-state index contributed by atoms with van der Waals surface area (Å²) in [5, 5.41) is 15.0. The van der Waals surface area contributed by atoms with E-state index in [2.05, 4.69) is 10.6 Å². The SMILES string of the molecule is CC1NCCC1C(=O)NC1COCC1C(=O)O. The first-order chi connectivity index (χ1) is 8.09. The highest BCUT2D eigenvalue weighted by molar-refractivity contribution is 5.81. The van der Waals surface area contributed by atoms with Crippen molar-refractivity contribution in [3.8, 4) is 0 Å². The molecule has 2 aliphatic rings. The van der Waals surface area contributed by atoms with Gasteiger partial charge in [-0.25, -0.2) is 0 Å². The highest BCUT2D eigenvalue weighted by Gasteiger charge is 2.37. The van der Waals surface area contributed by atoms with E-state index in [0.717, 1.165) is 13.0 Å². The first kappa shape index (κ1) is 12.3. The molecule has 17 heavy (non-hydrogen) atoms. The van der Waals surface area contributed by atoms with Gasteiger partial charge in [-0.2, -0.15) is 0 Å². The second kappa shape index (κ2) is 5.01. The minimum Gasteiger partial charge on any atom is -0.481 e. The van der Waals surface area contributed by atoms with Gasteiger partial charge in [0, 0.05) is 6.04 Å². The Morgan fingerprint density at radius 1 is 1.35 bits per heavy atom. The summed E-state index contributed by atoms with van der Waals surface area (Å²) in [6, 6.07) is -0.242. The molecule has 0 bridgehead atoms. The zero-order valence-electron chi connectivity index (χ0n) is 9.81. The van der Waals surface area contributed by atoms with Crippen LogP contribution in [0.2, 0.25) is 0 Å². The molecule has 0 aromatic heterocycles. The summed E-state index contributed by atoms with van der Waals surface area (Å²) in [4.78, 5) is 22.9. The number of hydrogen-bond donors (Lipinski definition) is 3. The van der Waals surface area contributed by atoms with E-state index in [-0.39, 0.29) is 31.1 Å². The van der Waals surface area contributed by atoms with E-state index in [4.69, 9.17) is 9.84 Å². The molecule has 0 aromatic rings. The van der Waals surface area contributed by atoms with Gasteiger partial charge in [0.05, 0.1) is 25.2 Å². The number of hydrogen-bond acceptors (Lipinski definition) is 4. The lowest BCUT2D eigenvalue weighted by Gasteiger charge is -2.20. The van der Waals surface area contributed by atoms with Gasteiger partial charge in [-0.3, -0.25) is 9.59 Å². The van der Waals surface area contributed by atoms with Crippen molar-refractivity contribution in [2.75, 3.05) is 19.8 Å². The fourth-order valence-electron chi connectivity index (χ4n) is 2.45. The quantitative estimate of drug-likeness (QED) is 0.603. The first-order valence-electron chi connectivity index (χ1n) is 5.94. The maximum absolute atomic E-state index is 12.0. The van der Waals surface area contributed by atoms with Crippen LogP contribution >= 0.6 is 0 Å². The van der Waals surface area contributed by atoms with Crippen LogP contribution in [0.1, 0.15) is 13.3 Å². The Morgan fingerprint density at radius 3 is 2.71 bits per heavy atom. The smallest absolute Gasteiger partial charge is 0.311 e. The average Bonchev–Trinajstić information content (AvgIpc) is 2.86. The molecule has 6 heteroatoms. The molecule has 0 aliphatic carbocycles. The maximum Gasteiger partial charge on any atom is 0.311 e. The predicted molar refractivity (Wildman–Crippen MR) is 59.4 cm³/mol. The Kier molecular flexibility index (Phi) is 3.63. The molecule has 4 atom stereocenters. The summed E-state index contributed by atoms with van der Waals surface area (Å²) >= 11 is 0. The van der Waals surface area contributed by atoms with Crippen molar-refractivity contribution in [1.29, 1.82) is 0 Å². The topological polar surface area (TPSA) is 87.7 Å². The molecule has 4 unspecified atom stereocenters. The Balaban J connectivity index is 1.91. The number of carbonyl (C=O) groups excluding carboxylic acids is 1. The summed E-state index contributed by atoms with van der Waals surface area (Å²) in [7, 11) is 0. The highest BCUT2D eigenvalue weighted by Crippen LogP contribution is 2.18. The third-order valence-corrected chi connectivity index (χ3v) is 3.59. The van der Waals surface area contributed by atoms with Gasteiger partial charge in [0.25, 0.3) is 0 Å². The summed E-state index contributed by atoms with van der Waals surface area (Å²) in [5.41, 5.74) is 0. The highest BCUT2D eigenvalue weighted by atomic mass is 16.5. The summed E-state index contributed by atoms with van der Waals surface area (Å²) in [5.74, 6) is -1.66. The van der Waals surface area contributed by atoms with E-state index >= 15 is 0 Å². The second-order valence-corrected chi connectivity index (χ2v) is 4.74. The third kappa shape index (κ3) is 2.58. The van der Waals surface area contributed by atoms with Crippen LogP contribution in [0.4, 0.5) is 0 Å². The van der Waals surface area contributed by atoms with Crippen molar-refractivity contribution >= 4 is 11.9 Å².